The summed E-state index contributed by atoms with van der Waals surface area (Å²) in [4.78, 5) is 11.5. The van der Waals surface area contributed by atoms with Gasteiger partial charge in [-0.2, -0.15) is 0 Å². The molecule has 0 radical (unpaired) electrons. The van der Waals surface area contributed by atoms with E-state index in [9.17, 15) is 9.18 Å². The van der Waals surface area contributed by atoms with Gasteiger partial charge in [-0.1, -0.05) is 12.1 Å². The molecule has 1 aliphatic rings. The van der Waals surface area contributed by atoms with Crippen LogP contribution in [0.4, 0.5) is 4.39 Å². The summed E-state index contributed by atoms with van der Waals surface area (Å²) in [5.74, 6) is -0.294. The van der Waals surface area contributed by atoms with Crippen molar-refractivity contribution in [3.63, 3.8) is 0 Å². The van der Waals surface area contributed by atoms with E-state index in [1.165, 1.54) is 12.1 Å². The molecule has 86 valence electrons. The monoisotopic (exact) mass is 222 g/mol. The first kappa shape index (κ1) is 11.1. The number of carbonyl (C=O) groups is 1. The molecule has 0 unspecified atom stereocenters. The van der Waals surface area contributed by atoms with Crippen LogP contribution in [0.3, 0.4) is 0 Å². The second-order valence-corrected chi connectivity index (χ2v) is 4.18. The summed E-state index contributed by atoms with van der Waals surface area (Å²) in [5, 5.41) is 2.96. The van der Waals surface area contributed by atoms with Crippen molar-refractivity contribution in [3.8, 4) is 0 Å². The van der Waals surface area contributed by atoms with Crippen molar-refractivity contribution < 1.29 is 9.18 Å². The lowest BCUT2D eigenvalue weighted by Gasteiger charge is -2.17. The Morgan fingerprint density at radius 1 is 1.38 bits per heavy atom. The van der Waals surface area contributed by atoms with Crippen molar-refractivity contribution in [2.75, 3.05) is 6.54 Å². The average molecular weight is 222 g/mol. The molecule has 1 amide bonds. The quantitative estimate of drug-likeness (QED) is 0.806. The highest BCUT2D eigenvalue weighted by Gasteiger charge is 2.45. The van der Waals surface area contributed by atoms with E-state index in [0.29, 0.717) is 13.0 Å². The van der Waals surface area contributed by atoms with Gasteiger partial charge in [0, 0.05) is 13.0 Å². The van der Waals surface area contributed by atoms with Crippen LogP contribution in [0.15, 0.2) is 24.3 Å². The Labute approximate surface area is 93.8 Å². The normalized spacial score (nSPS) is 16.9. The van der Waals surface area contributed by atoms with Crippen LogP contribution in [0.2, 0.25) is 0 Å². The summed E-state index contributed by atoms with van der Waals surface area (Å²) >= 11 is 0. The number of carbonyl (C=O) groups excluding carboxylic acids is 1. The highest BCUT2D eigenvalue weighted by Crippen LogP contribution is 2.45. The third-order valence-electron chi connectivity index (χ3n) is 2.90. The Morgan fingerprint density at radius 3 is 2.50 bits per heavy atom. The second-order valence-electron chi connectivity index (χ2n) is 4.18. The van der Waals surface area contributed by atoms with Crippen molar-refractivity contribution in [1.82, 2.24) is 5.32 Å². The van der Waals surface area contributed by atoms with Crippen molar-refractivity contribution in [2.24, 2.45) is 5.73 Å². The van der Waals surface area contributed by atoms with E-state index >= 15 is 0 Å². The topological polar surface area (TPSA) is 55.1 Å². The highest BCUT2D eigenvalue weighted by molar-refractivity contribution is 5.77. The first-order chi connectivity index (χ1) is 7.66. The van der Waals surface area contributed by atoms with Crippen molar-refractivity contribution in [2.45, 2.75) is 24.8 Å². The molecule has 1 aromatic carbocycles. The minimum atomic E-state index is -0.264. The molecule has 3 N–H and O–H groups in total. The molecule has 0 atom stereocenters. The van der Waals surface area contributed by atoms with Crippen molar-refractivity contribution >= 4 is 5.91 Å². The summed E-state index contributed by atoms with van der Waals surface area (Å²) in [5.41, 5.74) is 6.02. The summed E-state index contributed by atoms with van der Waals surface area (Å²) in [7, 11) is 0. The summed E-state index contributed by atoms with van der Waals surface area (Å²) in [6, 6.07) is 6.30. The maximum Gasteiger partial charge on any atom is 0.221 e. The molecule has 1 aromatic rings. The number of nitrogens with two attached hydrogens (primary N) is 1. The van der Waals surface area contributed by atoms with Crippen LogP contribution in [0.5, 0.6) is 0 Å². The van der Waals surface area contributed by atoms with Crippen LogP contribution in [-0.2, 0) is 10.3 Å². The standard InChI is InChI=1S/C12H15FN2O/c13-10-3-1-9(2-4-10)12(6-7-12)15-11(16)5-8-14/h1-4H,5-8,14H2,(H,15,16). The molecule has 1 fully saturated rings. The Kier molecular flexibility index (Phi) is 2.92. The van der Waals surface area contributed by atoms with Gasteiger partial charge in [0.05, 0.1) is 5.54 Å². The van der Waals surface area contributed by atoms with Gasteiger partial charge in [-0.15, -0.1) is 0 Å². The molecule has 1 saturated carbocycles. The van der Waals surface area contributed by atoms with Gasteiger partial charge < -0.3 is 11.1 Å². The highest BCUT2D eigenvalue weighted by atomic mass is 19.1. The van der Waals surface area contributed by atoms with Crippen LogP contribution < -0.4 is 11.1 Å². The third kappa shape index (κ3) is 2.22. The molecular weight excluding hydrogens is 207 g/mol. The fourth-order valence-corrected chi connectivity index (χ4v) is 1.84. The van der Waals surface area contributed by atoms with Gasteiger partial charge in [0.15, 0.2) is 0 Å². The van der Waals surface area contributed by atoms with E-state index in [1.807, 2.05) is 0 Å². The maximum absolute atomic E-state index is 12.8. The number of benzene rings is 1. The molecular formula is C12H15FN2O. The Morgan fingerprint density at radius 2 is 2.00 bits per heavy atom. The zero-order valence-corrected chi connectivity index (χ0v) is 9.00. The minimum absolute atomic E-state index is 0.0377. The van der Waals surface area contributed by atoms with Crippen LogP contribution in [0.25, 0.3) is 0 Å². The van der Waals surface area contributed by atoms with E-state index in [2.05, 4.69) is 5.32 Å². The van der Waals surface area contributed by atoms with E-state index < -0.39 is 0 Å². The van der Waals surface area contributed by atoms with E-state index in [0.717, 1.165) is 18.4 Å². The number of hydrogen-bond acceptors (Lipinski definition) is 2. The molecule has 2 rings (SSSR count). The van der Waals surface area contributed by atoms with Gasteiger partial charge in [0.2, 0.25) is 5.91 Å². The largest absolute Gasteiger partial charge is 0.347 e. The minimum Gasteiger partial charge on any atom is -0.347 e. The van der Waals surface area contributed by atoms with Gasteiger partial charge in [0.1, 0.15) is 5.82 Å². The van der Waals surface area contributed by atoms with Crippen LogP contribution in [0, 0.1) is 5.82 Å². The lowest BCUT2D eigenvalue weighted by Crippen LogP contribution is -2.35. The molecule has 4 heteroatoms. The smallest absolute Gasteiger partial charge is 0.221 e. The van der Waals surface area contributed by atoms with Gasteiger partial charge >= 0.3 is 0 Å². The molecule has 0 bridgehead atoms. The molecule has 0 heterocycles. The maximum atomic E-state index is 12.8. The summed E-state index contributed by atoms with van der Waals surface area (Å²) in [6.45, 7) is 0.353. The molecule has 3 nitrogen and oxygen atoms in total. The number of nitrogens with one attached hydrogen (secondary N) is 1. The summed E-state index contributed by atoms with van der Waals surface area (Å²) in [6.07, 6.45) is 2.16. The Bertz CT molecular complexity index is 385. The van der Waals surface area contributed by atoms with E-state index in [4.69, 9.17) is 5.73 Å². The first-order valence-electron chi connectivity index (χ1n) is 5.43. The van der Waals surface area contributed by atoms with Gasteiger partial charge in [0.25, 0.3) is 0 Å². The number of hydrogen-bond donors (Lipinski definition) is 2. The average Bonchev–Trinajstić information content (AvgIpc) is 3.00. The van der Waals surface area contributed by atoms with Crippen LogP contribution >= 0.6 is 0 Å². The Balaban J connectivity index is 2.08. The number of halogens is 1. The van der Waals surface area contributed by atoms with Crippen molar-refractivity contribution in [1.29, 1.82) is 0 Å². The Hall–Kier alpha value is -1.42. The van der Waals surface area contributed by atoms with Crippen molar-refractivity contribution in [3.05, 3.63) is 35.6 Å². The molecule has 1 aliphatic carbocycles. The van der Waals surface area contributed by atoms with E-state index in [-0.39, 0.29) is 17.3 Å². The lowest BCUT2D eigenvalue weighted by molar-refractivity contribution is -0.121. The zero-order valence-electron chi connectivity index (χ0n) is 9.00. The van der Waals surface area contributed by atoms with Crippen LogP contribution in [0.1, 0.15) is 24.8 Å². The van der Waals surface area contributed by atoms with Gasteiger partial charge in [-0.05, 0) is 30.5 Å². The van der Waals surface area contributed by atoms with Gasteiger partial charge in [-0.3, -0.25) is 4.79 Å². The molecule has 0 spiro atoms. The second kappa shape index (κ2) is 4.22. The number of rotatable bonds is 4. The van der Waals surface area contributed by atoms with Crippen LogP contribution in [-0.4, -0.2) is 12.5 Å². The SMILES string of the molecule is NCCC(=O)NC1(c2ccc(F)cc2)CC1. The van der Waals surface area contributed by atoms with E-state index in [1.54, 1.807) is 12.1 Å². The zero-order chi connectivity index (χ0) is 11.6. The molecule has 16 heavy (non-hydrogen) atoms. The lowest BCUT2D eigenvalue weighted by atomic mass is 10.0. The van der Waals surface area contributed by atoms with Gasteiger partial charge in [-0.25, -0.2) is 4.39 Å². The predicted octanol–water partition coefficient (Wildman–Crippen LogP) is 1.28. The molecule has 0 saturated heterocycles. The molecule has 0 aromatic heterocycles. The molecule has 0 aliphatic heterocycles. The first-order valence-corrected chi connectivity index (χ1v) is 5.43. The fraction of sp³-hybridized carbons (Fsp3) is 0.417. The fourth-order valence-electron chi connectivity index (χ4n) is 1.84. The third-order valence-corrected chi connectivity index (χ3v) is 2.90. The summed E-state index contributed by atoms with van der Waals surface area (Å²) < 4.78 is 12.8. The number of amides is 1. The predicted molar refractivity (Wildman–Crippen MR) is 59.1 cm³/mol.